The van der Waals surface area contributed by atoms with Crippen LogP contribution in [-0.2, 0) is 16.6 Å². The minimum atomic E-state index is -0.957. The van der Waals surface area contributed by atoms with Crippen LogP contribution in [0.1, 0.15) is 29.5 Å². The molecular formula is C12H19N3O4. The van der Waals surface area contributed by atoms with Crippen molar-refractivity contribution in [1.29, 1.82) is 0 Å². The highest BCUT2D eigenvalue weighted by molar-refractivity contribution is 5.92. The molecular weight excluding hydrogens is 250 g/mol. The number of hydrogen-bond donors (Lipinski definition) is 2. The van der Waals surface area contributed by atoms with Gasteiger partial charge in [0, 0.05) is 25.9 Å². The molecule has 0 saturated carbocycles. The van der Waals surface area contributed by atoms with Gasteiger partial charge >= 0.3 is 5.97 Å². The molecule has 1 rings (SSSR count). The molecule has 0 aliphatic heterocycles. The molecule has 106 valence electrons. The van der Waals surface area contributed by atoms with Crippen LogP contribution in [-0.4, -0.2) is 46.0 Å². The zero-order valence-electron chi connectivity index (χ0n) is 11.3. The van der Waals surface area contributed by atoms with Crippen LogP contribution in [0.15, 0.2) is 6.07 Å². The molecule has 0 aliphatic rings. The SMILES string of the molecule is CCOC(CNC(=O)c1cc(C)n(C)n1)CC(=O)O. The normalized spacial score (nSPS) is 12.2. The summed E-state index contributed by atoms with van der Waals surface area (Å²) < 4.78 is 6.85. The summed E-state index contributed by atoms with van der Waals surface area (Å²) >= 11 is 0. The van der Waals surface area contributed by atoms with Crippen LogP contribution in [0.3, 0.4) is 0 Å². The van der Waals surface area contributed by atoms with Crippen LogP contribution < -0.4 is 5.32 Å². The molecule has 1 heterocycles. The molecule has 0 fully saturated rings. The number of nitrogens with zero attached hydrogens (tertiary/aromatic N) is 2. The fourth-order valence-electron chi connectivity index (χ4n) is 1.59. The molecule has 7 heteroatoms. The van der Waals surface area contributed by atoms with Gasteiger partial charge in [0.1, 0.15) is 5.69 Å². The van der Waals surface area contributed by atoms with Crippen molar-refractivity contribution in [3.05, 3.63) is 17.5 Å². The summed E-state index contributed by atoms with van der Waals surface area (Å²) in [5.74, 6) is -1.29. The van der Waals surface area contributed by atoms with Gasteiger partial charge in [-0.1, -0.05) is 0 Å². The van der Waals surface area contributed by atoms with E-state index in [0.29, 0.717) is 12.3 Å². The molecule has 7 nitrogen and oxygen atoms in total. The first-order valence-electron chi connectivity index (χ1n) is 6.06. The van der Waals surface area contributed by atoms with E-state index in [1.165, 1.54) is 0 Å². The Morgan fingerprint density at radius 1 is 1.58 bits per heavy atom. The van der Waals surface area contributed by atoms with Gasteiger partial charge in [-0.15, -0.1) is 0 Å². The fourth-order valence-corrected chi connectivity index (χ4v) is 1.59. The predicted molar refractivity (Wildman–Crippen MR) is 67.9 cm³/mol. The zero-order chi connectivity index (χ0) is 14.4. The van der Waals surface area contributed by atoms with Crippen LogP contribution in [0.25, 0.3) is 0 Å². The van der Waals surface area contributed by atoms with Crippen LogP contribution in [0.2, 0.25) is 0 Å². The van der Waals surface area contributed by atoms with Crippen molar-refractivity contribution in [1.82, 2.24) is 15.1 Å². The standard InChI is InChI=1S/C12H19N3O4/c1-4-19-9(6-11(16)17)7-13-12(18)10-5-8(2)15(3)14-10/h5,9H,4,6-7H2,1-3H3,(H,13,18)(H,16,17). The van der Waals surface area contributed by atoms with Crippen molar-refractivity contribution in [3.63, 3.8) is 0 Å². The van der Waals surface area contributed by atoms with Gasteiger partial charge in [0.25, 0.3) is 5.91 Å². The highest BCUT2D eigenvalue weighted by atomic mass is 16.5. The first-order chi connectivity index (χ1) is 8.93. The first kappa shape index (κ1) is 15.2. The number of carbonyl (C=O) groups excluding carboxylic acids is 1. The Balaban J connectivity index is 2.53. The van der Waals surface area contributed by atoms with Gasteiger partial charge in [0.05, 0.1) is 12.5 Å². The summed E-state index contributed by atoms with van der Waals surface area (Å²) in [6.45, 7) is 4.17. The molecule has 0 saturated heterocycles. The molecule has 0 aliphatic carbocycles. The number of carboxylic acid groups (broad SMARTS) is 1. The van der Waals surface area contributed by atoms with Crippen molar-refractivity contribution in [2.45, 2.75) is 26.4 Å². The van der Waals surface area contributed by atoms with Crippen LogP contribution >= 0.6 is 0 Å². The molecule has 1 aromatic rings. The van der Waals surface area contributed by atoms with E-state index in [-0.39, 0.29) is 18.9 Å². The molecule has 19 heavy (non-hydrogen) atoms. The third kappa shape index (κ3) is 4.70. The van der Waals surface area contributed by atoms with Crippen LogP contribution in [0.4, 0.5) is 0 Å². The van der Waals surface area contributed by atoms with Gasteiger partial charge < -0.3 is 15.2 Å². The molecule has 1 amide bonds. The van der Waals surface area contributed by atoms with E-state index in [1.54, 1.807) is 24.7 Å². The number of aromatic nitrogens is 2. The zero-order valence-corrected chi connectivity index (χ0v) is 11.3. The maximum atomic E-state index is 11.8. The summed E-state index contributed by atoms with van der Waals surface area (Å²) in [5.41, 5.74) is 1.18. The molecule has 0 bridgehead atoms. The lowest BCUT2D eigenvalue weighted by atomic mass is 10.2. The maximum Gasteiger partial charge on any atom is 0.306 e. The number of nitrogens with one attached hydrogen (secondary N) is 1. The van der Waals surface area contributed by atoms with E-state index in [4.69, 9.17) is 9.84 Å². The highest BCUT2D eigenvalue weighted by Crippen LogP contribution is 2.02. The van der Waals surface area contributed by atoms with Gasteiger partial charge in [-0.05, 0) is 19.9 Å². The van der Waals surface area contributed by atoms with Gasteiger partial charge in [-0.2, -0.15) is 5.10 Å². The van der Waals surface area contributed by atoms with Crippen molar-refractivity contribution in [2.75, 3.05) is 13.2 Å². The third-order valence-electron chi connectivity index (χ3n) is 2.64. The largest absolute Gasteiger partial charge is 0.481 e. The molecule has 0 spiro atoms. The predicted octanol–water partition coefficient (Wildman–Crippen LogP) is 0.338. The number of amides is 1. The second-order valence-corrected chi connectivity index (χ2v) is 4.18. The van der Waals surface area contributed by atoms with Gasteiger partial charge in [-0.3, -0.25) is 14.3 Å². The summed E-state index contributed by atoms with van der Waals surface area (Å²) in [6.07, 6.45) is -0.675. The van der Waals surface area contributed by atoms with Crippen LogP contribution in [0, 0.1) is 6.92 Å². The number of aliphatic carboxylic acids is 1. The summed E-state index contributed by atoms with van der Waals surface area (Å²) in [5, 5.41) is 15.4. The van der Waals surface area contributed by atoms with Gasteiger partial charge in [0.2, 0.25) is 0 Å². The Morgan fingerprint density at radius 2 is 2.26 bits per heavy atom. The summed E-state index contributed by atoms with van der Waals surface area (Å²) in [7, 11) is 1.75. The smallest absolute Gasteiger partial charge is 0.306 e. The lowest BCUT2D eigenvalue weighted by Gasteiger charge is -2.15. The summed E-state index contributed by atoms with van der Waals surface area (Å²) in [4.78, 5) is 22.5. The number of carbonyl (C=O) groups is 2. The molecule has 1 atom stereocenters. The molecule has 0 aromatic carbocycles. The second-order valence-electron chi connectivity index (χ2n) is 4.18. The van der Waals surface area contributed by atoms with Crippen molar-refractivity contribution >= 4 is 11.9 Å². The average Bonchev–Trinajstić information content (AvgIpc) is 2.66. The van der Waals surface area contributed by atoms with E-state index in [9.17, 15) is 9.59 Å². The van der Waals surface area contributed by atoms with E-state index in [1.807, 2.05) is 6.92 Å². The third-order valence-corrected chi connectivity index (χ3v) is 2.64. The highest BCUT2D eigenvalue weighted by Gasteiger charge is 2.16. The van der Waals surface area contributed by atoms with Crippen molar-refractivity contribution < 1.29 is 19.4 Å². The Hall–Kier alpha value is -1.89. The van der Waals surface area contributed by atoms with Crippen LogP contribution in [0.5, 0.6) is 0 Å². The van der Waals surface area contributed by atoms with E-state index in [2.05, 4.69) is 10.4 Å². The number of hydrogen-bond acceptors (Lipinski definition) is 4. The number of aryl methyl sites for hydroxylation is 2. The number of ether oxygens (including phenoxy) is 1. The average molecular weight is 269 g/mol. The Labute approximate surface area is 111 Å². The Bertz CT molecular complexity index is 436. The van der Waals surface area contributed by atoms with Crippen molar-refractivity contribution in [3.8, 4) is 0 Å². The quantitative estimate of drug-likeness (QED) is 0.744. The molecule has 1 aromatic heterocycles. The minimum absolute atomic E-state index is 0.143. The van der Waals surface area contributed by atoms with E-state index < -0.39 is 12.1 Å². The molecule has 2 N–H and O–H groups in total. The second kappa shape index (κ2) is 6.89. The molecule has 0 radical (unpaired) electrons. The van der Waals surface area contributed by atoms with Crippen molar-refractivity contribution in [2.24, 2.45) is 7.05 Å². The monoisotopic (exact) mass is 269 g/mol. The Kier molecular flexibility index (Phi) is 5.50. The topological polar surface area (TPSA) is 93.5 Å². The lowest BCUT2D eigenvalue weighted by Crippen LogP contribution is -2.35. The maximum absolute atomic E-state index is 11.8. The summed E-state index contributed by atoms with van der Waals surface area (Å²) in [6, 6.07) is 1.67. The van der Waals surface area contributed by atoms with E-state index >= 15 is 0 Å². The van der Waals surface area contributed by atoms with Gasteiger partial charge in [0.15, 0.2) is 0 Å². The minimum Gasteiger partial charge on any atom is -0.481 e. The van der Waals surface area contributed by atoms with E-state index in [0.717, 1.165) is 5.69 Å². The lowest BCUT2D eigenvalue weighted by molar-refractivity contribution is -0.140. The first-order valence-corrected chi connectivity index (χ1v) is 6.06. The number of rotatable bonds is 7. The molecule has 1 unspecified atom stereocenters. The Morgan fingerprint density at radius 3 is 2.74 bits per heavy atom. The number of carboxylic acids is 1. The van der Waals surface area contributed by atoms with Gasteiger partial charge in [-0.25, -0.2) is 0 Å². The fraction of sp³-hybridized carbons (Fsp3) is 0.583.